The minimum atomic E-state index is -1.46. The van der Waals surface area contributed by atoms with Crippen LogP contribution in [0.25, 0.3) is 11.2 Å². The summed E-state index contributed by atoms with van der Waals surface area (Å²) in [6.45, 7) is 5.44. The van der Waals surface area contributed by atoms with E-state index in [1.165, 1.54) is 62.3 Å². The number of fused-ring (bicyclic) bond motifs is 1. The Balaban J connectivity index is 1.47. The number of nitrogens with two attached hydrogens (primary N) is 2. The molecule has 0 bridgehead atoms. The number of esters is 2. The number of alkyl halides is 1. The molecule has 12 nitrogen and oxygen atoms in total. The largest absolute Gasteiger partial charge is 0.460 e. The first-order valence-corrected chi connectivity index (χ1v) is 16.3. The van der Waals surface area contributed by atoms with Gasteiger partial charge in [-0.05, 0) is 18.8 Å². The molecule has 1 saturated heterocycles. The van der Waals surface area contributed by atoms with Crippen LogP contribution in [0.5, 0.6) is 0 Å². The van der Waals surface area contributed by atoms with Crippen LogP contribution in [0, 0.1) is 5.92 Å². The number of carbonyl (C=O) groups is 2. The molecular formula is C31H51FN6O6. The minimum Gasteiger partial charge on any atom is -0.460 e. The van der Waals surface area contributed by atoms with Gasteiger partial charge in [0.2, 0.25) is 5.95 Å². The average Bonchev–Trinajstić information content (AvgIpc) is 3.58. The average molecular weight is 623 g/mol. The lowest BCUT2D eigenvalue weighted by molar-refractivity contribution is -0.172. The Morgan fingerprint density at radius 1 is 1.07 bits per heavy atom. The third-order valence-corrected chi connectivity index (χ3v) is 8.14. The van der Waals surface area contributed by atoms with Crippen LogP contribution in [0.4, 0.5) is 10.3 Å². The van der Waals surface area contributed by atoms with E-state index in [2.05, 4.69) is 21.9 Å². The Bertz CT molecular complexity index is 1240. The highest BCUT2D eigenvalue weighted by Crippen LogP contribution is 2.32. The molecule has 248 valence electrons. The number of imidazole rings is 1. The molecule has 0 radical (unpaired) electrons. The van der Waals surface area contributed by atoms with Gasteiger partial charge in [0.1, 0.15) is 31.2 Å². The van der Waals surface area contributed by atoms with E-state index in [0.717, 1.165) is 19.3 Å². The molecule has 1 aliphatic rings. The zero-order valence-electron chi connectivity index (χ0n) is 26.5. The first kappa shape index (κ1) is 35.4. The smallest absolute Gasteiger partial charge is 0.347 e. The number of halogens is 1. The lowest BCUT2D eigenvalue weighted by atomic mass is 10.0. The van der Waals surface area contributed by atoms with E-state index in [-0.39, 0.29) is 36.1 Å². The van der Waals surface area contributed by atoms with Gasteiger partial charge in [0, 0.05) is 6.42 Å². The third-order valence-electron chi connectivity index (χ3n) is 8.14. The summed E-state index contributed by atoms with van der Waals surface area (Å²) in [5.74, 6) is -1.70. The number of nitrogen functional groups attached to an aromatic ring is 1. The number of hydrogen-bond acceptors (Lipinski definition) is 10. The van der Waals surface area contributed by atoms with Crippen molar-refractivity contribution < 1.29 is 28.2 Å². The predicted molar refractivity (Wildman–Crippen MR) is 165 cm³/mol. The van der Waals surface area contributed by atoms with Crippen molar-refractivity contribution in [1.29, 1.82) is 0 Å². The van der Waals surface area contributed by atoms with Crippen LogP contribution in [0.3, 0.4) is 0 Å². The minimum absolute atomic E-state index is 0.0511. The van der Waals surface area contributed by atoms with Crippen LogP contribution in [-0.4, -0.2) is 62.5 Å². The van der Waals surface area contributed by atoms with Crippen LogP contribution in [0.1, 0.15) is 117 Å². The normalized spacial score (nSPS) is 19.8. The Labute approximate surface area is 258 Å². The number of H-pyrrole nitrogens is 1. The van der Waals surface area contributed by atoms with Crippen molar-refractivity contribution in [2.75, 3.05) is 12.3 Å². The Morgan fingerprint density at radius 2 is 1.68 bits per heavy atom. The fourth-order valence-electron chi connectivity index (χ4n) is 5.31. The summed E-state index contributed by atoms with van der Waals surface area (Å²) in [5, 5.41) is 0. The van der Waals surface area contributed by atoms with Gasteiger partial charge in [-0.25, -0.2) is 14.2 Å². The van der Waals surface area contributed by atoms with Crippen molar-refractivity contribution in [2.24, 2.45) is 11.7 Å². The standard InChI is InChI=1S/C31H51FN6O6/c1-4-5-6-7-8-9-10-11-12-13-14-15-16-22(44-30(41)25(33)20(2)3)29(40)42-18-23-21(32)17-24(43-23)38-19-35-26-27(38)36-31(34)37-28(26)39/h19-25H,4-18,33H2,1-3H3,(H3,34,36,37,39)/t21-,22?,23+,24+,25-/m0/s1. The predicted octanol–water partition coefficient (Wildman–Crippen LogP) is 4.86. The molecule has 2 aromatic heterocycles. The Morgan fingerprint density at radius 3 is 2.30 bits per heavy atom. The number of nitrogens with zero attached hydrogens (tertiary/aromatic N) is 3. The lowest BCUT2D eigenvalue weighted by Crippen LogP contribution is -2.41. The number of carbonyl (C=O) groups excluding carboxylic acids is 2. The second kappa shape index (κ2) is 18.0. The second-order valence-corrected chi connectivity index (χ2v) is 12.2. The molecule has 0 spiro atoms. The number of rotatable bonds is 20. The zero-order valence-corrected chi connectivity index (χ0v) is 26.5. The molecule has 1 aliphatic heterocycles. The summed E-state index contributed by atoms with van der Waals surface area (Å²) in [6.07, 6.45) is 11.1. The Kier molecular flexibility index (Phi) is 14.5. The maximum atomic E-state index is 14.9. The van der Waals surface area contributed by atoms with Gasteiger partial charge in [0.25, 0.3) is 5.56 Å². The van der Waals surface area contributed by atoms with Crippen LogP contribution in [-0.2, 0) is 23.8 Å². The number of aromatic nitrogens is 4. The lowest BCUT2D eigenvalue weighted by Gasteiger charge is -2.22. The monoisotopic (exact) mass is 622 g/mol. The first-order chi connectivity index (χ1) is 21.1. The van der Waals surface area contributed by atoms with Crippen molar-refractivity contribution in [3.05, 3.63) is 16.7 Å². The number of nitrogens with one attached hydrogen (secondary N) is 1. The number of hydrogen-bond donors (Lipinski definition) is 3. The molecule has 1 unspecified atom stereocenters. The van der Waals surface area contributed by atoms with Gasteiger partial charge in [-0.15, -0.1) is 0 Å². The summed E-state index contributed by atoms with van der Waals surface area (Å²) in [5.41, 5.74) is 11.3. The maximum absolute atomic E-state index is 14.9. The molecule has 0 amide bonds. The zero-order chi connectivity index (χ0) is 32.1. The van der Waals surface area contributed by atoms with Gasteiger partial charge in [0.05, 0.1) is 6.33 Å². The van der Waals surface area contributed by atoms with E-state index < -0.39 is 48.1 Å². The molecule has 2 aromatic rings. The fourth-order valence-corrected chi connectivity index (χ4v) is 5.31. The fraction of sp³-hybridized carbons (Fsp3) is 0.774. The quantitative estimate of drug-likeness (QED) is 0.136. The summed E-state index contributed by atoms with van der Waals surface area (Å²) >= 11 is 0. The molecule has 0 aliphatic carbocycles. The van der Waals surface area contributed by atoms with E-state index in [1.807, 2.05) is 0 Å². The highest BCUT2D eigenvalue weighted by Gasteiger charge is 2.39. The third kappa shape index (κ3) is 10.5. The summed E-state index contributed by atoms with van der Waals surface area (Å²) in [4.78, 5) is 48.2. The molecule has 1 fully saturated rings. The highest BCUT2D eigenvalue weighted by atomic mass is 19.1. The van der Waals surface area contributed by atoms with Gasteiger partial charge >= 0.3 is 11.9 Å². The molecular weight excluding hydrogens is 571 g/mol. The van der Waals surface area contributed by atoms with E-state index in [1.54, 1.807) is 13.8 Å². The van der Waals surface area contributed by atoms with Crippen LogP contribution < -0.4 is 17.0 Å². The van der Waals surface area contributed by atoms with Crippen LogP contribution in [0.15, 0.2) is 11.1 Å². The van der Waals surface area contributed by atoms with Crippen molar-refractivity contribution >= 4 is 29.1 Å². The Hall–Kier alpha value is -3.06. The van der Waals surface area contributed by atoms with E-state index in [4.69, 9.17) is 25.7 Å². The summed E-state index contributed by atoms with van der Waals surface area (Å²) < 4.78 is 33.1. The van der Waals surface area contributed by atoms with Crippen molar-refractivity contribution in [3.8, 4) is 0 Å². The van der Waals surface area contributed by atoms with Gasteiger partial charge in [-0.2, -0.15) is 4.98 Å². The summed E-state index contributed by atoms with van der Waals surface area (Å²) in [7, 11) is 0. The van der Waals surface area contributed by atoms with E-state index >= 15 is 0 Å². The van der Waals surface area contributed by atoms with Gasteiger partial charge < -0.3 is 25.7 Å². The molecule has 5 N–H and O–H groups in total. The van der Waals surface area contributed by atoms with Crippen molar-refractivity contribution in [1.82, 2.24) is 19.5 Å². The molecule has 5 atom stereocenters. The van der Waals surface area contributed by atoms with Crippen molar-refractivity contribution in [3.63, 3.8) is 0 Å². The van der Waals surface area contributed by atoms with Gasteiger partial charge in [0.15, 0.2) is 17.3 Å². The molecule has 0 aromatic carbocycles. The number of anilines is 1. The second-order valence-electron chi connectivity index (χ2n) is 12.2. The van der Waals surface area contributed by atoms with Crippen LogP contribution in [0.2, 0.25) is 0 Å². The number of ether oxygens (including phenoxy) is 3. The maximum Gasteiger partial charge on any atom is 0.347 e. The first-order valence-electron chi connectivity index (χ1n) is 16.3. The summed E-state index contributed by atoms with van der Waals surface area (Å²) in [6, 6.07) is -0.874. The molecule has 13 heteroatoms. The molecule has 44 heavy (non-hydrogen) atoms. The topological polar surface area (TPSA) is 177 Å². The van der Waals surface area contributed by atoms with Gasteiger partial charge in [-0.3, -0.25) is 19.1 Å². The molecule has 3 rings (SSSR count). The number of unbranched alkanes of at least 4 members (excludes halogenated alkanes) is 11. The SMILES string of the molecule is CCCCCCCCCCCCCCC(OC(=O)[C@@H](N)C(C)C)C(=O)OC[C@H]1O[C@@H](n2cnc3c(=O)[nH]c(N)nc32)C[C@@H]1F. The molecule has 0 saturated carbocycles. The molecule has 3 heterocycles. The highest BCUT2D eigenvalue weighted by molar-refractivity contribution is 5.82. The van der Waals surface area contributed by atoms with E-state index in [9.17, 15) is 18.8 Å². The number of aromatic amines is 1. The van der Waals surface area contributed by atoms with Crippen LogP contribution >= 0.6 is 0 Å². The van der Waals surface area contributed by atoms with Crippen molar-refractivity contribution in [2.45, 2.75) is 141 Å². The van der Waals surface area contributed by atoms with Gasteiger partial charge in [-0.1, -0.05) is 91.4 Å². The van der Waals surface area contributed by atoms with E-state index in [0.29, 0.717) is 12.8 Å².